The van der Waals surface area contributed by atoms with Crippen molar-refractivity contribution >= 4 is 11.3 Å². The molecule has 0 bridgehead atoms. The van der Waals surface area contributed by atoms with Crippen LogP contribution in [0, 0.1) is 5.92 Å². The molecule has 19 heavy (non-hydrogen) atoms. The molecule has 0 aromatic carbocycles. The Morgan fingerprint density at radius 2 is 2.26 bits per heavy atom. The average Bonchev–Trinajstić information content (AvgIpc) is 3.10. The van der Waals surface area contributed by atoms with Crippen molar-refractivity contribution in [2.45, 2.75) is 44.6 Å². The first-order valence-corrected chi connectivity index (χ1v) is 7.88. The molecule has 0 amide bonds. The monoisotopic (exact) mass is 276 g/mol. The lowest BCUT2D eigenvalue weighted by atomic mass is 9.76. The molecule has 2 aromatic heterocycles. The van der Waals surface area contributed by atoms with E-state index >= 15 is 0 Å². The van der Waals surface area contributed by atoms with Crippen LogP contribution in [0.5, 0.6) is 0 Å². The molecule has 0 atom stereocenters. The molecule has 1 saturated carbocycles. The van der Waals surface area contributed by atoms with Gasteiger partial charge >= 0.3 is 0 Å². The zero-order valence-electron chi connectivity index (χ0n) is 11.3. The Morgan fingerprint density at radius 3 is 2.89 bits per heavy atom. The summed E-state index contributed by atoms with van der Waals surface area (Å²) in [5, 5.41) is 3.11. The third kappa shape index (κ3) is 2.47. The smallest absolute Gasteiger partial charge is 0.153 e. The fraction of sp³-hybridized carbons (Fsp3) is 0.533. The molecule has 2 aromatic rings. The number of nitrogens with zero attached hydrogens (tertiary/aromatic N) is 1. The molecule has 1 fully saturated rings. The Balaban J connectivity index is 1.79. The molecule has 4 heteroatoms. The fourth-order valence-electron chi connectivity index (χ4n) is 2.85. The quantitative estimate of drug-likeness (QED) is 0.916. The molecular weight excluding hydrogens is 256 g/mol. The van der Waals surface area contributed by atoms with E-state index in [-0.39, 0.29) is 5.54 Å². The average molecular weight is 276 g/mol. The molecule has 0 saturated heterocycles. The summed E-state index contributed by atoms with van der Waals surface area (Å²) in [7, 11) is 0. The minimum Gasteiger partial charge on any atom is -0.463 e. The van der Waals surface area contributed by atoms with Gasteiger partial charge in [-0.1, -0.05) is 13.3 Å². The molecule has 0 radical (unpaired) electrons. The predicted octanol–water partition coefficient (Wildman–Crippen LogP) is 4.16. The van der Waals surface area contributed by atoms with Crippen LogP contribution in [0.4, 0.5) is 0 Å². The first-order chi connectivity index (χ1) is 9.21. The van der Waals surface area contributed by atoms with E-state index in [1.54, 1.807) is 17.6 Å². The lowest BCUT2D eigenvalue weighted by Gasteiger charge is -2.35. The molecule has 1 aliphatic carbocycles. The van der Waals surface area contributed by atoms with Crippen LogP contribution in [0.2, 0.25) is 0 Å². The zero-order chi connectivity index (χ0) is 13.3. The lowest BCUT2D eigenvalue weighted by Crippen LogP contribution is -2.40. The summed E-state index contributed by atoms with van der Waals surface area (Å²) >= 11 is 1.67. The van der Waals surface area contributed by atoms with Crippen molar-refractivity contribution in [3.63, 3.8) is 0 Å². The van der Waals surface area contributed by atoms with Crippen molar-refractivity contribution in [1.82, 2.24) is 4.98 Å². The molecule has 1 aliphatic rings. The molecule has 3 nitrogen and oxygen atoms in total. The summed E-state index contributed by atoms with van der Waals surface area (Å²) in [6.45, 7) is 2.27. The highest BCUT2D eigenvalue weighted by Gasteiger charge is 2.35. The van der Waals surface area contributed by atoms with Gasteiger partial charge in [0.2, 0.25) is 0 Å². The molecule has 2 heterocycles. The zero-order valence-corrected chi connectivity index (χ0v) is 12.1. The van der Waals surface area contributed by atoms with Crippen molar-refractivity contribution in [2.75, 3.05) is 0 Å². The van der Waals surface area contributed by atoms with Gasteiger partial charge in [0.15, 0.2) is 5.76 Å². The number of aromatic nitrogens is 1. The van der Waals surface area contributed by atoms with Crippen LogP contribution < -0.4 is 5.73 Å². The van der Waals surface area contributed by atoms with Crippen LogP contribution in [-0.2, 0) is 5.54 Å². The predicted molar refractivity (Wildman–Crippen MR) is 77.9 cm³/mol. The second kappa shape index (κ2) is 5.10. The van der Waals surface area contributed by atoms with Gasteiger partial charge in [0.1, 0.15) is 10.7 Å². The Kier molecular flexibility index (Phi) is 3.46. The van der Waals surface area contributed by atoms with E-state index in [2.05, 4.69) is 12.3 Å². The van der Waals surface area contributed by atoms with E-state index in [9.17, 15) is 0 Å². The van der Waals surface area contributed by atoms with Gasteiger partial charge in [-0.15, -0.1) is 11.3 Å². The topological polar surface area (TPSA) is 52.0 Å². The van der Waals surface area contributed by atoms with Crippen molar-refractivity contribution in [1.29, 1.82) is 0 Å². The summed E-state index contributed by atoms with van der Waals surface area (Å²) < 4.78 is 5.39. The van der Waals surface area contributed by atoms with Gasteiger partial charge in [0.05, 0.1) is 11.8 Å². The van der Waals surface area contributed by atoms with Gasteiger partial charge in [-0.25, -0.2) is 4.98 Å². The highest BCUT2D eigenvalue weighted by atomic mass is 32.1. The summed E-state index contributed by atoms with van der Waals surface area (Å²) in [4.78, 5) is 4.70. The van der Waals surface area contributed by atoms with Crippen molar-refractivity contribution in [3.05, 3.63) is 28.8 Å². The van der Waals surface area contributed by atoms with Crippen LogP contribution >= 0.6 is 11.3 Å². The van der Waals surface area contributed by atoms with E-state index in [1.165, 1.54) is 19.3 Å². The Labute approximate surface area is 117 Å². The first-order valence-electron chi connectivity index (χ1n) is 7.00. The summed E-state index contributed by atoms with van der Waals surface area (Å²) in [5.41, 5.74) is 7.27. The van der Waals surface area contributed by atoms with Gasteiger partial charge in [-0.2, -0.15) is 0 Å². The van der Waals surface area contributed by atoms with E-state index < -0.39 is 0 Å². The maximum atomic E-state index is 6.58. The Morgan fingerprint density at radius 1 is 1.47 bits per heavy atom. The van der Waals surface area contributed by atoms with Crippen molar-refractivity contribution in [3.8, 4) is 11.5 Å². The summed E-state index contributed by atoms with van der Waals surface area (Å²) in [6, 6.07) is 3.83. The maximum absolute atomic E-state index is 6.58. The molecular formula is C15H20N2OS. The van der Waals surface area contributed by atoms with Crippen LogP contribution in [0.15, 0.2) is 28.2 Å². The number of hydrogen-bond donors (Lipinski definition) is 1. The minimum atomic E-state index is -0.221. The molecule has 102 valence electrons. The maximum Gasteiger partial charge on any atom is 0.153 e. The minimum absolute atomic E-state index is 0.221. The number of furan rings is 1. The lowest BCUT2D eigenvalue weighted by molar-refractivity contribution is 0.231. The molecule has 0 unspecified atom stereocenters. The van der Waals surface area contributed by atoms with Gasteiger partial charge < -0.3 is 10.2 Å². The van der Waals surface area contributed by atoms with Gasteiger partial charge in [0, 0.05) is 5.38 Å². The molecule has 0 aliphatic heterocycles. The number of rotatable bonds is 3. The van der Waals surface area contributed by atoms with Crippen LogP contribution in [0.25, 0.3) is 11.5 Å². The summed E-state index contributed by atoms with van der Waals surface area (Å²) in [5.74, 6) is 1.68. The van der Waals surface area contributed by atoms with E-state index in [0.717, 1.165) is 35.2 Å². The third-order valence-electron chi connectivity index (χ3n) is 4.28. The number of thiazole rings is 1. The van der Waals surface area contributed by atoms with E-state index in [4.69, 9.17) is 15.1 Å². The van der Waals surface area contributed by atoms with Gasteiger partial charge in [0.25, 0.3) is 0 Å². The largest absolute Gasteiger partial charge is 0.463 e. The number of hydrogen-bond acceptors (Lipinski definition) is 4. The second-order valence-corrected chi connectivity index (χ2v) is 6.38. The normalized spacial score (nSPS) is 27.6. The SMILES string of the molecule is CCC1CCC(N)(c2nc(-c3ccco3)cs2)CC1. The van der Waals surface area contributed by atoms with Gasteiger partial charge in [-0.3, -0.25) is 0 Å². The van der Waals surface area contributed by atoms with Crippen LogP contribution in [0.1, 0.15) is 44.0 Å². The summed E-state index contributed by atoms with van der Waals surface area (Å²) in [6.07, 6.45) is 7.50. The molecule has 0 spiro atoms. The van der Waals surface area contributed by atoms with Crippen molar-refractivity contribution in [2.24, 2.45) is 11.7 Å². The third-order valence-corrected chi connectivity index (χ3v) is 5.34. The first kappa shape index (κ1) is 12.9. The Bertz CT molecular complexity index is 524. The highest BCUT2D eigenvalue weighted by Crippen LogP contribution is 2.40. The second-order valence-electron chi connectivity index (χ2n) is 5.52. The standard InChI is InChI=1S/C15H20N2OS/c1-2-11-5-7-15(16,8-6-11)14-17-12(10-19-14)13-4-3-9-18-13/h3-4,9-11H,2,5-8,16H2,1H3. The van der Waals surface area contributed by atoms with E-state index in [1.807, 2.05) is 12.1 Å². The Hall–Kier alpha value is -1.13. The van der Waals surface area contributed by atoms with Gasteiger partial charge in [-0.05, 0) is 43.7 Å². The molecule has 3 rings (SSSR count). The number of nitrogens with two attached hydrogens (primary N) is 1. The van der Waals surface area contributed by atoms with Crippen molar-refractivity contribution < 1.29 is 4.42 Å². The van der Waals surface area contributed by atoms with Crippen LogP contribution in [-0.4, -0.2) is 4.98 Å². The molecule has 2 N–H and O–H groups in total. The van der Waals surface area contributed by atoms with Crippen LogP contribution in [0.3, 0.4) is 0 Å². The van der Waals surface area contributed by atoms with E-state index in [0.29, 0.717) is 0 Å². The fourth-order valence-corrected chi connectivity index (χ4v) is 3.84. The highest BCUT2D eigenvalue weighted by molar-refractivity contribution is 7.10.